The molecule has 2 heterocycles. The molecule has 5 rings (SSSR count). The van der Waals surface area contributed by atoms with Crippen LogP contribution in [0.3, 0.4) is 0 Å². The van der Waals surface area contributed by atoms with E-state index in [0.29, 0.717) is 5.69 Å². The minimum absolute atomic E-state index is 0.621. The molecule has 0 unspecified atom stereocenters. The minimum Gasteiger partial charge on any atom is -0.344 e. The Morgan fingerprint density at radius 3 is 2.48 bits per heavy atom. The van der Waals surface area contributed by atoms with Gasteiger partial charge in [-0.05, 0) is 47.9 Å². The van der Waals surface area contributed by atoms with Gasteiger partial charge in [0.05, 0.1) is 24.7 Å². The Morgan fingerprint density at radius 2 is 1.78 bits per heavy atom. The van der Waals surface area contributed by atoms with Gasteiger partial charge in [0.2, 0.25) is 0 Å². The van der Waals surface area contributed by atoms with E-state index < -0.39 is 0 Å². The molecule has 0 saturated heterocycles. The van der Waals surface area contributed by atoms with E-state index in [1.54, 1.807) is 0 Å². The van der Waals surface area contributed by atoms with Crippen LogP contribution in [0.5, 0.6) is 0 Å². The average Bonchev–Trinajstić information content (AvgIpc) is 2.69. The number of anilines is 2. The Balaban J connectivity index is 2.07. The van der Waals surface area contributed by atoms with Crippen molar-refractivity contribution in [1.29, 1.82) is 0 Å². The molecule has 0 atom stereocenters. The summed E-state index contributed by atoms with van der Waals surface area (Å²) in [7, 11) is 4.14. The molecule has 3 aromatic carbocycles. The van der Waals surface area contributed by atoms with Gasteiger partial charge >= 0.3 is 0 Å². The first-order valence-corrected chi connectivity index (χ1v) is 8.98. The minimum atomic E-state index is 0.621. The Morgan fingerprint density at radius 1 is 1.07 bits per heavy atom. The second-order valence-electron chi connectivity index (χ2n) is 7.25. The maximum Gasteiger partial charge on any atom is 0.287 e. The van der Waals surface area contributed by atoms with Crippen molar-refractivity contribution >= 4 is 38.7 Å². The molecule has 1 aromatic heterocycles. The zero-order valence-electron chi connectivity index (χ0n) is 15.8. The summed E-state index contributed by atoms with van der Waals surface area (Å²) in [6, 6.07) is 12.5. The summed E-state index contributed by atoms with van der Waals surface area (Å²) in [5, 5.41) is 3.67. The summed E-state index contributed by atoms with van der Waals surface area (Å²) in [4.78, 5) is 10.5. The molecule has 1 aliphatic rings. The Kier molecular flexibility index (Phi) is 3.08. The first-order chi connectivity index (χ1) is 13.0. The second kappa shape index (κ2) is 5.28. The molecule has 4 heteroatoms. The van der Waals surface area contributed by atoms with Crippen LogP contribution in [0.2, 0.25) is 0 Å². The van der Waals surface area contributed by atoms with E-state index >= 15 is 0 Å². The molecule has 1 aliphatic heterocycles. The molecule has 0 aliphatic carbocycles. The van der Waals surface area contributed by atoms with Crippen LogP contribution in [0.4, 0.5) is 17.1 Å². The van der Waals surface area contributed by atoms with E-state index in [0.717, 1.165) is 16.6 Å². The number of nitrogens with zero attached hydrogens (tertiary/aromatic N) is 4. The van der Waals surface area contributed by atoms with Crippen LogP contribution in [0, 0.1) is 20.4 Å². The van der Waals surface area contributed by atoms with Crippen molar-refractivity contribution in [2.75, 3.05) is 11.9 Å². The number of benzene rings is 3. The van der Waals surface area contributed by atoms with Crippen LogP contribution in [-0.2, 0) is 7.05 Å². The Labute approximate surface area is 158 Å². The third kappa shape index (κ3) is 1.91. The van der Waals surface area contributed by atoms with Gasteiger partial charge in [0.15, 0.2) is 11.2 Å². The van der Waals surface area contributed by atoms with E-state index in [-0.39, 0.29) is 0 Å². The number of rotatable bonds is 0. The highest BCUT2D eigenvalue weighted by Gasteiger charge is 2.32. The van der Waals surface area contributed by atoms with Gasteiger partial charge in [-0.25, -0.2) is 9.41 Å². The van der Waals surface area contributed by atoms with E-state index in [1.807, 2.05) is 25.5 Å². The van der Waals surface area contributed by atoms with Gasteiger partial charge in [0.25, 0.3) is 6.33 Å². The van der Waals surface area contributed by atoms with Gasteiger partial charge in [-0.1, -0.05) is 29.2 Å². The zero-order chi connectivity index (χ0) is 18.9. The summed E-state index contributed by atoms with van der Waals surface area (Å²) >= 11 is 0. The van der Waals surface area contributed by atoms with Crippen molar-refractivity contribution in [3.05, 3.63) is 65.3 Å². The van der Waals surface area contributed by atoms with Gasteiger partial charge in [-0.3, -0.25) is 0 Å². The molecular formula is C23H19N4+. The predicted octanol–water partition coefficient (Wildman–Crippen LogP) is 5.13. The fraction of sp³-hybridized carbons (Fsp3) is 0.174. The lowest BCUT2D eigenvalue weighted by molar-refractivity contribution is -0.662. The fourth-order valence-electron chi connectivity index (χ4n) is 4.55. The lowest BCUT2D eigenvalue weighted by Crippen LogP contribution is -2.34. The third-order valence-electron chi connectivity index (χ3n) is 5.81. The van der Waals surface area contributed by atoms with Crippen LogP contribution in [-0.4, -0.2) is 12.0 Å². The first-order valence-electron chi connectivity index (χ1n) is 8.98. The number of hydrogen-bond donors (Lipinski definition) is 0. The Bertz CT molecular complexity index is 1330. The van der Waals surface area contributed by atoms with Gasteiger partial charge in [0, 0.05) is 18.3 Å². The van der Waals surface area contributed by atoms with E-state index in [1.165, 1.54) is 38.8 Å². The summed E-state index contributed by atoms with van der Waals surface area (Å²) in [5.41, 5.74) is 8.72. The molecule has 4 aromatic rings. The first kappa shape index (κ1) is 15.8. The van der Waals surface area contributed by atoms with Crippen molar-refractivity contribution in [3.63, 3.8) is 0 Å². The molecule has 0 spiro atoms. The lowest BCUT2D eigenvalue weighted by atomic mass is 9.87. The van der Waals surface area contributed by atoms with E-state index in [9.17, 15) is 0 Å². The van der Waals surface area contributed by atoms with Crippen molar-refractivity contribution in [2.24, 2.45) is 7.05 Å². The summed E-state index contributed by atoms with van der Waals surface area (Å²) < 4.78 is 2.11. The molecule has 0 N–H and O–H groups in total. The number of aromatic nitrogens is 2. The van der Waals surface area contributed by atoms with Gasteiger partial charge in [-0.15, -0.1) is 0 Å². The lowest BCUT2D eigenvalue weighted by Gasteiger charge is -2.32. The molecule has 0 bridgehead atoms. The highest BCUT2D eigenvalue weighted by Crippen LogP contribution is 2.50. The number of hydrogen-bond acceptors (Lipinski definition) is 2. The molecule has 27 heavy (non-hydrogen) atoms. The van der Waals surface area contributed by atoms with E-state index in [2.05, 4.69) is 64.5 Å². The van der Waals surface area contributed by atoms with E-state index in [4.69, 9.17) is 6.57 Å². The number of aryl methyl sites for hydroxylation is 3. The fourth-order valence-corrected chi connectivity index (χ4v) is 4.55. The van der Waals surface area contributed by atoms with Crippen molar-refractivity contribution in [2.45, 2.75) is 13.8 Å². The normalized spacial score (nSPS) is 12.3. The van der Waals surface area contributed by atoms with Crippen LogP contribution in [0.1, 0.15) is 11.1 Å². The summed E-state index contributed by atoms with van der Waals surface area (Å²) in [6.45, 7) is 11.9. The largest absolute Gasteiger partial charge is 0.344 e. The van der Waals surface area contributed by atoms with Crippen molar-refractivity contribution < 1.29 is 4.57 Å². The SMILES string of the molecule is [C-]#[N+]c1cc2c3c([n+](C)cnc3c1)-c1c(c(C)c3ccccc3c1C)N2C. The van der Waals surface area contributed by atoms with Gasteiger partial charge in [-0.2, -0.15) is 0 Å². The maximum atomic E-state index is 7.47. The average molecular weight is 351 g/mol. The molecule has 130 valence electrons. The van der Waals surface area contributed by atoms with Crippen LogP contribution in [0.15, 0.2) is 42.7 Å². The highest BCUT2D eigenvalue weighted by molar-refractivity contribution is 6.14. The van der Waals surface area contributed by atoms with Crippen LogP contribution in [0.25, 0.3) is 37.8 Å². The zero-order valence-corrected chi connectivity index (χ0v) is 15.8. The summed E-state index contributed by atoms with van der Waals surface area (Å²) in [6.07, 6.45) is 1.86. The topological polar surface area (TPSA) is 24.4 Å². The van der Waals surface area contributed by atoms with Gasteiger partial charge < -0.3 is 4.90 Å². The van der Waals surface area contributed by atoms with Crippen molar-refractivity contribution in [3.8, 4) is 11.3 Å². The highest BCUT2D eigenvalue weighted by atomic mass is 15.1. The molecule has 0 fully saturated rings. The smallest absolute Gasteiger partial charge is 0.287 e. The van der Waals surface area contributed by atoms with Crippen molar-refractivity contribution in [1.82, 2.24) is 4.98 Å². The van der Waals surface area contributed by atoms with Crippen LogP contribution >= 0.6 is 0 Å². The molecule has 0 radical (unpaired) electrons. The van der Waals surface area contributed by atoms with Crippen LogP contribution < -0.4 is 9.47 Å². The Hall–Kier alpha value is -3.45. The predicted molar refractivity (Wildman–Crippen MR) is 110 cm³/mol. The molecule has 0 amide bonds. The molecular weight excluding hydrogens is 332 g/mol. The summed E-state index contributed by atoms with van der Waals surface area (Å²) in [5.74, 6) is 0. The quantitative estimate of drug-likeness (QED) is 0.324. The maximum absolute atomic E-state index is 7.47. The standard InChI is InChI=1S/C23H19N4/c1-13-16-8-6-7-9-17(16)14(2)22-20(13)23-21-18(25-12-26(23)4)10-15(24-3)11-19(21)27(22)5/h6-12H,1-2,4-5H3/q+1. The monoisotopic (exact) mass is 351 g/mol. The third-order valence-corrected chi connectivity index (χ3v) is 5.81. The number of fused-ring (bicyclic) bond motifs is 3. The molecule has 0 saturated carbocycles. The van der Waals surface area contributed by atoms with Gasteiger partial charge in [0.1, 0.15) is 5.69 Å². The second-order valence-corrected chi connectivity index (χ2v) is 7.25. The molecule has 4 nitrogen and oxygen atoms in total.